The van der Waals surface area contributed by atoms with Crippen molar-refractivity contribution in [3.63, 3.8) is 0 Å². The van der Waals surface area contributed by atoms with Crippen molar-refractivity contribution in [2.24, 2.45) is 5.73 Å². The predicted molar refractivity (Wildman–Crippen MR) is 87.7 cm³/mol. The first-order valence-electron chi connectivity index (χ1n) is 7.45. The van der Waals surface area contributed by atoms with E-state index >= 15 is 0 Å². The molecular formula is C17H21ClN2O2. The molecule has 1 amide bonds. The second-order valence-corrected chi connectivity index (χ2v) is 5.58. The van der Waals surface area contributed by atoms with Crippen LogP contribution in [0.2, 0.25) is 5.02 Å². The fraction of sp³-hybridized carbons (Fsp3) is 0.353. The van der Waals surface area contributed by atoms with Gasteiger partial charge in [-0.15, -0.1) is 0 Å². The average molecular weight is 321 g/mol. The van der Waals surface area contributed by atoms with Gasteiger partial charge in [0.15, 0.2) is 0 Å². The largest absolute Gasteiger partial charge is 0.467 e. The molecule has 0 saturated carbocycles. The van der Waals surface area contributed by atoms with Crippen LogP contribution in [0.1, 0.15) is 41.4 Å². The molecule has 0 spiro atoms. The van der Waals surface area contributed by atoms with Gasteiger partial charge in [0.25, 0.3) is 5.91 Å². The predicted octanol–water partition coefficient (Wildman–Crippen LogP) is 3.83. The summed E-state index contributed by atoms with van der Waals surface area (Å²) in [4.78, 5) is 14.5. The third-order valence-electron chi connectivity index (χ3n) is 3.49. The molecule has 0 radical (unpaired) electrons. The number of unbranched alkanes of at least 4 members (excludes halogenated alkanes) is 1. The Balaban J connectivity index is 2.18. The fourth-order valence-electron chi connectivity index (χ4n) is 2.22. The molecule has 0 aliphatic rings. The lowest BCUT2D eigenvalue weighted by Crippen LogP contribution is -2.31. The summed E-state index contributed by atoms with van der Waals surface area (Å²) in [6.07, 6.45) is 3.43. The number of furan rings is 1. The monoisotopic (exact) mass is 320 g/mol. The minimum atomic E-state index is -0.0585. The van der Waals surface area contributed by atoms with E-state index in [-0.39, 0.29) is 12.5 Å². The highest BCUT2D eigenvalue weighted by molar-refractivity contribution is 6.31. The Kier molecular flexibility index (Phi) is 6.04. The van der Waals surface area contributed by atoms with Crippen molar-refractivity contribution in [2.75, 3.05) is 6.54 Å². The quantitative estimate of drug-likeness (QED) is 0.843. The molecule has 0 bridgehead atoms. The highest BCUT2D eigenvalue weighted by Crippen LogP contribution is 2.19. The Morgan fingerprint density at radius 2 is 2.14 bits per heavy atom. The standard InChI is InChI=1S/C17H21ClN2O2/c1-2-3-8-20(11-13-6-4-5-7-16(13)18)17(21)14-9-15(10-19)22-12-14/h4-7,9,12H,2-3,8,10-11,19H2,1H3. The summed E-state index contributed by atoms with van der Waals surface area (Å²) in [6.45, 7) is 3.56. The molecule has 4 nitrogen and oxygen atoms in total. The highest BCUT2D eigenvalue weighted by atomic mass is 35.5. The molecule has 2 aromatic rings. The summed E-state index contributed by atoms with van der Waals surface area (Å²) >= 11 is 6.21. The van der Waals surface area contributed by atoms with E-state index in [0.717, 1.165) is 18.4 Å². The van der Waals surface area contributed by atoms with Crippen LogP contribution in [-0.4, -0.2) is 17.4 Å². The van der Waals surface area contributed by atoms with Crippen LogP contribution >= 0.6 is 11.6 Å². The molecule has 5 heteroatoms. The summed E-state index contributed by atoms with van der Waals surface area (Å²) in [5, 5.41) is 0.673. The van der Waals surface area contributed by atoms with Gasteiger partial charge in [0.1, 0.15) is 12.0 Å². The number of carbonyl (C=O) groups is 1. The third kappa shape index (κ3) is 4.12. The molecule has 0 fully saturated rings. The number of amides is 1. The third-order valence-corrected chi connectivity index (χ3v) is 3.86. The van der Waals surface area contributed by atoms with Gasteiger partial charge in [-0.25, -0.2) is 0 Å². The van der Waals surface area contributed by atoms with Crippen molar-refractivity contribution in [3.05, 3.63) is 58.5 Å². The molecule has 0 aliphatic carbocycles. The molecule has 1 aromatic heterocycles. The molecule has 2 N–H and O–H groups in total. The van der Waals surface area contributed by atoms with E-state index in [2.05, 4.69) is 6.92 Å². The van der Waals surface area contributed by atoms with E-state index < -0.39 is 0 Å². The van der Waals surface area contributed by atoms with Crippen LogP contribution in [0.15, 0.2) is 41.0 Å². The molecule has 0 atom stereocenters. The first-order valence-corrected chi connectivity index (χ1v) is 7.83. The van der Waals surface area contributed by atoms with E-state index in [1.165, 1.54) is 6.26 Å². The zero-order valence-corrected chi connectivity index (χ0v) is 13.5. The Hall–Kier alpha value is -1.78. The Labute approximate surface area is 135 Å². The van der Waals surface area contributed by atoms with Gasteiger partial charge >= 0.3 is 0 Å². The van der Waals surface area contributed by atoms with Crippen LogP contribution in [0.4, 0.5) is 0 Å². The second-order valence-electron chi connectivity index (χ2n) is 5.18. The maximum absolute atomic E-state index is 12.7. The fourth-order valence-corrected chi connectivity index (χ4v) is 2.41. The molecule has 0 saturated heterocycles. The minimum absolute atomic E-state index is 0.0585. The summed E-state index contributed by atoms with van der Waals surface area (Å²) < 4.78 is 5.26. The van der Waals surface area contributed by atoms with Crippen LogP contribution in [0.25, 0.3) is 0 Å². The van der Waals surface area contributed by atoms with E-state index in [0.29, 0.717) is 29.4 Å². The van der Waals surface area contributed by atoms with Crippen LogP contribution in [0, 0.1) is 0 Å². The lowest BCUT2D eigenvalue weighted by molar-refractivity contribution is 0.0740. The Morgan fingerprint density at radius 1 is 1.36 bits per heavy atom. The van der Waals surface area contributed by atoms with Gasteiger partial charge in [-0.2, -0.15) is 0 Å². The summed E-state index contributed by atoms with van der Waals surface area (Å²) in [6, 6.07) is 9.29. The van der Waals surface area contributed by atoms with Gasteiger partial charge in [-0.3, -0.25) is 4.79 Å². The maximum Gasteiger partial charge on any atom is 0.257 e. The van der Waals surface area contributed by atoms with Crippen LogP contribution in [0.3, 0.4) is 0 Å². The number of halogens is 1. The summed E-state index contributed by atoms with van der Waals surface area (Å²) in [5.74, 6) is 0.549. The van der Waals surface area contributed by atoms with Gasteiger partial charge in [0, 0.05) is 18.1 Å². The molecular weight excluding hydrogens is 300 g/mol. The van der Waals surface area contributed by atoms with E-state index in [9.17, 15) is 4.79 Å². The Morgan fingerprint density at radius 3 is 2.77 bits per heavy atom. The molecule has 118 valence electrons. The molecule has 1 heterocycles. The molecule has 22 heavy (non-hydrogen) atoms. The topological polar surface area (TPSA) is 59.5 Å². The normalized spacial score (nSPS) is 10.7. The Bertz CT molecular complexity index is 625. The SMILES string of the molecule is CCCCN(Cc1ccccc1Cl)C(=O)c1coc(CN)c1. The first kappa shape index (κ1) is 16.6. The van der Waals surface area contributed by atoms with Gasteiger partial charge < -0.3 is 15.1 Å². The van der Waals surface area contributed by atoms with Crippen LogP contribution in [-0.2, 0) is 13.1 Å². The zero-order chi connectivity index (χ0) is 15.9. The van der Waals surface area contributed by atoms with E-state index in [4.69, 9.17) is 21.8 Å². The van der Waals surface area contributed by atoms with Crippen molar-refractivity contribution in [1.29, 1.82) is 0 Å². The van der Waals surface area contributed by atoms with Gasteiger partial charge in [-0.1, -0.05) is 43.1 Å². The molecule has 1 aromatic carbocycles. The van der Waals surface area contributed by atoms with Crippen molar-refractivity contribution in [3.8, 4) is 0 Å². The zero-order valence-electron chi connectivity index (χ0n) is 12.7. The van der Waals surface area contributed by atoms with Crippen LogP contribution in [0.5, 0.6) is 0 Å². The number of rotatable bonds is 7. The highest BCUT2D eigenvalue weighted by Gasteiger charge is 2.18. The van der Waals surface area contributed by atoms with Crippen molar-refractivity contribution in [2.45, 2.75) is 32.9 Å². The molecule has 2 rings (SSSR count). The molecule has 0 unspecified atom stereocenters. The summed E-state index contributed by atoms with van der Waals surface area (Å²) in [7, 11) is 0. The van der Waals surface area contributed by atoms with Gasteiger partial charge in [0.05, 0.1) is 12.1 Å². The number of carbonyl (C=O) groups excluding carboxylic acids is 1. The van der Waals surface area contributed by atoms with Gasteiger partial charge in [0.2, 0.25) is 0 Å². The number of benzene rings is 1. The second kappa shape index (κ2) is 8.01. The number of nitrogens with zero attached hydrogens (tertiary/aromatic N) is 1. The van der Waals surface area contributed by atoms with Crippen molar-refractivity contribution in [1.82, 2.24) is 4.90 Å². The van der Waals surface area contributed by atoms with E-state index in [1.807, 2.05) is 24.3 Å². The van der Waals surface area contributed by atoms with Crippen LogP contribution < -0.4 is 5.73 Å². The number of hydrogen-bond acceptors (Lipinski definition) is 3. The average Bonchev–Trinajstić information content (AvgIpc) is 3.01. The lowest BCUT2D eigenvalue weighted by Gasteiger charge is -2.22. The smallest absolute Gasteiger partial charge is 0.257 e. The minimum Gasteiger partial charge on any atom is -0.467 e. The molecule has 0 aliphatic heterocycles. The summed E-state index contributed by atoms with van der Waals surface area (Å²) in [5.41, 5.74) is 7.00. The van der Waals surface area contributed by atoms with E-state index in [1.54, 1.807) is 11.0 Å². The van der Waals surface area contributed by atoms with Crippen molar-refractivity contribution >= 4 is 17.5 Å². The maximum atomic E-state index is 12.7. The van der Waals surface area contributed by atoms with Crippen molar-refractivity contribution < 1.29 is 9.21 Å². The number of hydrogen-bond donors (Lipinski definition) is 1. The first-order chi connectivity index (χ1) is 10.7. The number of nitrogens with two attached hydrogens (primary N) is 1. The lowest BCUT2D eigenvalue weighted by atomic mass is 10.1. The van der Waals surface area contributed by atoms with Gasteiger partial charge in [-0.05, 0) is 24.1 Å².